The van der Waals surface area contributed by atoms with Gasteiger partial charge in [0.1, 0.15) is 6.61 Å². The zero-order chi connectivity index (χ0) is 17.8. The van der Waals surface area contributed by atoms with Gasteiger partial charge >= 0.3 is 5.97 Å². The van der Waals surface area contributed by atoms with E-state index in [1.54, 1.807) is 12.1 Å². The van der Waals surface area contributed by atoms with Gasteiger partial charge in [-0.1, -0.05) is 35.3 Å². The largest absolute Gasteiger partial charge is 0.486 e. The molecular formula is C19H19Cl2NO3. The van der Waals surface area contributed by atoms with Crippen molar-refractivity contribution >= 4 is 34.9 Å². The monoisotopic (exact) mass is 379 g/mol. The quantitative estimate of drug-likeness (QED) is 0.675. The van der Waals surface area contributed by atoms with Crippen LogP contribution in [-0.4, -0.2) is 17.6 Å². The Morgan fingerprint density at radius 3 is 2.52 bits per heavy atom. The first-order chi connectivity index (χ1) is 12.0. The third-order valence-electron chi connectivity index (χ3n) is 4.02. The molecule has 2 aromatic rings. The lowest BCUT2D eigenvalue weighted by Crippen LogP contribution is -2.04. The molecule has 2 N–H and O–H groups in total. The highest BCUT2D eigenvalue weighted by molar-refractivity contribution is 6.37. The summed E-state index contributed by atoms with van der Waals surface area (Å²) in [5, 5.41) is 12.9. The number of halogens is 2. The van der Waals surface area contributed by atoms with E-state index in [0.29, 0.717) is 28.0 Å². The first-order valence-electron chi connectivity index (χ1n) is 8.16. The van der Waals surface area contributed by atoms with Crippen molar-refractivity contribution in [1.82, 2.24) is 0 Å². The van der Waals surface area contributed by atoms with Gasteiger partial charge in [-0.2, -0.15) is 0 Å². The predicted octanol–water partition coefficient (Wildman–Crippen LogP) is 5.02. The van der Waals surface area contributed by atoms with Crippen LogP contribution in [0.4, 0.5) is 5.69 Å². The number of anilines is 1. The SMILES string of the molecule is O=C(O)Cc1cc(Cl)c(OCc2cccc(NCC3CC3)c2)c(Cl)c1. The second kappa shape index (κ2) is 7.98. The molecule has 2 aromatic carbocycles. The standard InChI is InChI=1S/C19H19Cl2NO3/c20-16-7-14(9-18(23)24)8-17(21)19(16)25-11-13-2-1-3-15(6-13)22-10-12-4-5-12/h1-3,6-8,12,22H,4-5,9-11H2,(H,23,24). The van der Waals surface area contributed by atoms with Gasteiger partial charge in [-0.3, -0.25) is 4.79 Å². The van der Waals surface area contributed by atoms with E-state index in [2.05, 4.69) is 5.32 Å². The molecule has 1 saturated carbocycles. The van der Waals surface area contributed by atoms with Crippen LogP contribution >= 0.6 is 23.2 Å². The number of carbonyl (C=O) groups is 1. The van der Waals surface area contributed by atoms with Gasteiger partial charge in [-0.15, -0.1) is 0 Å². The fraction of sp³-hybridized carbons (Fsp3) is 0.316. The Hall–Kier alpha value is -1.91. The van der Waals surface area contributed by atoms with Crippen molar-refractivity contribution in [2.45, 2.75) is 25.9 Å². The summed E-state index contributed by atoms with van der Waals surface area (Å²) < 4.78 is 5.77. The minimum atomic E-state index is -0.934. The Morgan fingerprint density at radius 2 is 1.88 bits per heavy atom. The van der Waals surface area contributed by atoms with E-state index in [9.17, 15) is 4.79 Å². The van der Waals surface area contributed by atoms with E-state index in [0.717, 1.165) is 23.7 Å². The molecular weight excluding hydrogens is 361 g/mol. The molecule has 0 bridgehead atoms. The van der Waals surface area contributed by atoms with Crippen molar-refractivity contribution in [3.8, 4) is 5.75 Å². The van der Waals surface area contributed by atoms with Crippen molar-refractivity contribution in [3.63, 3.8) is 0 Å². The Balaban J connectivity index is 1.64. The zero-order valence-electron chi connectivity index (χ0n) is 13.6. The van der Waals surface area contributed by atoms with Crippen molar-refractivity contribution < 1.29 is 14.6 Å². The van der Waals surface area contributed by atoms with Crippen LogP contribution in [0.15, 0.2) is 36.4 Å². The molecule has 0 amide bonds. The lowest BCUT2D eigenvalue weighted by molar-refractivity contribution is -0.136. The van der Waals surface area contributed by atoms with Gasteiger partial charge in [-0.25, -0.2) is 0 Å². The summed E-state index contributed by atoms with van der Waals surface area (Å²) in [5.74, 6) is 0.243. The molecule has 3 rings (SSSR count). The highest BCUT2D eigenvalue weighted by Crippen LogP contribution is 2.35. The van der Waals surface area contributed by atoms with Crippen molar-refractivity contribution in [3.05, 3.63) is 57.6 Å². The van der Waals surface area contributed by atoms with E-state index in [-0.39, 0.29) is 6.42 Å². The van der Waals surface area contributed by atoms with Crippen molar-refractivity contribution in [1.29, 1.82) is 0 Å². The average Bonchev–Trinajstić information content (AvgIpc) is 3.36. The van der Waals surface area contributed by atoms with Crippen LogP contribution < -0.4 is 10.1 Å². The van der Waals surface area contributed by atoms with Gasteiger partial charge in [-0.05, 0) is 54.2 Å². The zero-order valence-corrected chi connectivity index (χ0v) is 15.1. The highest BCUT2D eigenvalue weighted by Gasteiger charge is 2.20. The Kier molecular flexibility index (Phi) is 5.71. The Bertz CT molecular complexity index is 752. The Labute approximate surface area is 156 Å². The number of nitrogens with one attached hydrogen (secondary N) is 1. The van der Waals surface area contributed by atoms with Gasteiger partial charge in [0.05, 0.1) is 16.5 Å². The van der Waals surface area contributed by atoms with Gasteiger partial charge in [0.2, 0.25) is 0 Å². The number of rotatable bonds is 8. The highest BCUT2D eigenvalue weighted by atomic mass is 35.5. The molecule has 132 valence electrons. The van der Waals surface area contributed by atoms with E-state index < -0.39 is 5.97 Å². The maximum absolute atomic E-state index is 10.8. The minimum absolute atomic E-state index is 0.131. The van der Waals surface area contributed by atoms with E-state index in [1.807, 2.05) is 24.3 Å². The molecule has 6 heteroatoms. The van der Waals surface area contributed by atoms with Crippen LogP contribution in [0.5, 0.6) is 5.75 Å². The van der Waals surface area contributed by atoms with Crippen LogP contribution in [0.3, 0.4) is 0 Å². The lowest BCUT2D eigenvalue weighted by atomic mass is 10.1. The fourth-order valence-corrected chi connectivity index (χ4v) is 3.18. The Morgan fingerprint density at radius 1 is 1.16 bits per heavy atom. The number of carboxylic acids is 1. The molecule has 25 heavy (non-hydrogen) atoms. The van der Waals surface area contributed by atoms with Crippen molar-refractivity contribution in [2.75, 3.05) is 11.9 Å². The predicted molar refractivity (Wildman–Crippen MR) is 99.8 cm³/mol. The average molecular weight is 380 g/mol. The molecule has 0 radical (unpaired) electrons. The number of benzene rings is 2. The summed E-state index contributed by atoms with van der Waals surface area (Å²) in [7, 11) is 0. The normalized spacial score (nSPS) is 13.5. The molecule has 0 aliphatic heterocycles. The molecule has 0 saturated heterocycles. The smallest absolute Gasteiger partial charge is 0.307 e. The third-order valence-corrected chi connectivity index (χ3v) is 4.58. The number of ether oxygens (including phenoxy) is 1. The summed E-state index contributed by atoms with van der Waals surface area (Å²) in [5.41, 5.74) is 2.62. The number of carboxylic acid groups (broad SMARTS) is 1. The van der Waals surface area contributed by atoms with Crippen LogP contribution in [0, 0.1) is 5.92 Å². The first kappa shape index (κ1) is 17.9. The molecule has 4 nitrogen and oxygen atoms in total. The molecule has 0 spiro atoms. The summed E-state index contributed by atoms with van der Waals surface area (Å²) >= 11 is 12.4. The first-order valence-corrected chi connectivity index (χ1v) is 8.92. The van der Waals surface area contributed by atoms with Gasteiger partial charge in [0.25, 0.3) is 0 Å². The van der Waals surface area contributed by atoms with Gasteiger partial charge < -0.3 is 15.2 Å². The number of hydrogen-bond donors (Lipinski definition) is 2. The molecule has 0 unspecified atom stereocenters. The molecule has 0 aromatic heterocycles. The third kappa shape index (κ3) is 5.28. The van der Waals surface area contributed by atoms with Gasteiger partial charge in [0.15, 0.2) is 5.75 Å². The van der Waals surface area contributed by atoms with Crippen LogP contribution in [-0.2, 0) is 17.8 Å². The summed E-state index contributed by atoms with van der Waals surface area (Å²) in [6.07, 6.45) is 2.49. The fourth-order valence-electron chi connectivity index (χ4n) is 2.54. The minimum Gasteiger partial charge on any atom is -0.486 e. The van der Waals surface area contributed by atoms with Crippen LogP contribution in [0.1, 0.15) is 24.0 Å². The summed E-state index contributed by atoms with van der Waals surface area (Å²) in [6, 6.07) is 11.2. The van der Waals surface area contributed by atoms with E-state index in [1.165, 1.54) is 12.8 Å². The summed E-state index contributed by atoms with van der Waals surface area (Å²) in [6.45, 7) is 1.34. The molecule has 1 aliphatic carbocycles. The molecule has 1 aliphatic rings. The second-order valence-electron chi connectivity index (χ2n) is 6.27. The van der Waals surface area contributed by atoms with E-state index in [4.69, 9.17) is 33.0 Å². The van der Waals surface area contributed by atoms with Gasteiger partial charge in [0, 0.05) is 12.2 Å². The second-order valence-corrected chi connectivity index (χ2v) is 7.09. The number of hydrogen-bond acceptors (Lipinski definition) is 3. The number of aliphatic carboxylic acids is 1. The molecule has 0 atom stereocenters. The molecule has 1 fully saturated rings. The van der Waals surface area contributed by atoms with Crippen LogP contribution in [0.25, 0.3) is 0 Å². The topological polar surface area (TPSA) is 58.6 Å². The van der Waals surface area contributed by atoms with Crippen LogP contribution in [0.2, 0.25) is 10.0 Å². The molecule has 0 heterocycles. The summed E-state index contributed by atoms with van der Waals surface area (Å²) in [4.78, 5) is 10.8. The van der Waals surface area contributed by atoms with Crippen molar-refractivity contribution in [2.24, 2.45) is 5.92 Å². The lowest BCUT2D eigenvalue weighted by Gasteiger charge is -2.12. The maximum Gasteiger partial charge on any atom is 0.307 e. The van der Waals surface area contributed by atoms with E-state index >= 15 is 0 Å². The maximum atomic E-state index is 10.8.